The average molecular weight is 534 g/mol. The Bertz CT molecular complexity index is 1250. The van der Waals surface area contributed by atoms with Gasteiger partial charge >= 0.3 is 0 Å². The molecule has 4 rings (SSSR count). The number of nitrogens with zero attached hydrogens (tertiary/aromatic N) is 2. The Hall–Kier alpha value is -3.12. The Morgan fingerprint density at radius 3 is 2.54 bits per heavy atom. The topological polar surface area (TPSA) is 56.1 Å². The third-order valence-corrected chi connectivity index (χ3v) is 6.88. The summed E-state index contributed by atoms with van der Waals surface area (Å²) >= 11 is 3.40. The summed E-state index contributed by atoms with van der Waals surface area (Å²) < 4.78 is 9.25. The maximum atomic E-state index is 12.4. The molecule has 1 aromatic heterocycles. The lowest BCUT2D eigenvalue weighted by Gasteiger charge is -2.13. The number of amides is 1. The van der Waals surface area contributed by atoms with Crippen molar-refractivity contribution in [3.05, 3.63) is 94.2 Å². The molecule has 1 heterocycles. The Kier molecular flexibility index (Phi) is 8.59. The van der Waals surface area contributed by atoms with Crippen molar-refractivity contribution in [3.8, 4) is 5.75 Å². The molecule has 0 aliphatic rings. The molecular weight excluding hydrogens is 502 g/mol. The molecule has 0 aliphatic carbocycles. The minimum Gasteiger partial charge on any atom is -0.492 e. The summed E-state index contributed by atoms with van der Waals surface area (Å²) in [6, 6.07) is 24.0. The Morgan fingerprint density at radius 1 is 1.06 bits per heavy atom. The molecule has 1 unspecified atom stereocenters. The molecule has 182 valence electrons. The second-order valence-corrected chi connectivity index (χ2v) is 9.68. The molecular formula is C29H32BrN3O2. The number of fused-ring (bicyclic) bond motifs is 1. The average Bonchev–Trinajstić information content (AvgIpc) is 3.24. The van der Waals surface area contributed by atoms with Gasteiger partial charge in [0.15, 0.2) is 0 Å². The molecule has 35 heavy (non-hydrogen) atoms. The molecule has 0 saturated heterocycles. The number of aryl methyl sites for hydroxylation is 1. The number of nitrogens with one attached hydrogen (secondary N) is 1. The van der Waals surface area contributed by atoms with Crippen molar-refractivity contribution in [1.29, 1.82) is 0 Å². The number of carbonyl (C=O) groups is 1. The van der Waals surface area contributed by atoms with Gasteiger partial charge in [0, 0.05) is 23.0 Å². The lowest BCUT2D eigenvalue weighted by atomic mass is 9.99. The van der Waals surface area contributed by atoms with E-state index in [9.17, 15) is 4.79 Å². The zero-order chi connectivity index (χ0) is 24.6. The minimum absolute atomic E-state index is 0.0567. The van der Waals surface area contributed by atoms with E-state index in [1.165, 1.54) is 5.56 Å². The summed E-state index contributed by atoms with van der Waals surface area (Å²) in [5.41, 5.74) is 4.10. The van der Waals surface area contributed by atoms with Gasteiger partial charge in [0.25, 0.3) is 5.91 Å². The van der Waals surface area contributed by atoms with Gasteiger partial charge in [-0.05, 0) is 72.9 Å². The first-order valence-electron chi connectivity index (χ1n) is 12.3. The van der Waals surface area contributed by atoms with Crippen LogP contribution in [0, 0.1) is 0 Å². The van der Waals surface area contributed by atoms with Crippen molar-refractivity contribution in [2.75, 3.05) is 13.2 Å². The maximum Gasteiger partial charge on any atom is 0.251 e. The lowest BCUT2D eigenvalue weighted by molar-refractivity contribution is 0.0953. The van der Waals surface area contributed by atoms with E-state index in [2.05, 4.69) is 70.0 Å². The highest BCUT2D eigenvalue weighted by atomic mass is 79.9. The monoisotopic (exact) mass is 533 g/mol. The van der Waals surface area contributed by atoms with Gasteiger partial charge in [0.05, 0.1) is 17.6 Å². The van der Waals surface area contributed by atoms with Gasteiger partial charge in [-0.1, -0.05) is 54.0 Å². The van der Waals surface area contributed by atoms with E-state index in [1.54, 1.807) is 0 Å². The number of carbonyl (C=O) groups excluding carboxylic acids is 1. The third kappa shape index (κ3) is 6.51. The SMILES string of the molecule is CCC(C)c1ccc(OCCn2c(CCCNC(=O)c3ccc(Br)cc3)nc3ccccc32)cc1. The highest BCUT2D eigenvalue weighted by molar-refractivity contribution is 9.10. The summed E-state index contributed by atoms with van der Waals surface area (Å²) in [5.74, 6) is 2.40. The molecule has 0 saturated carbocycles. The zero-order valence-corrected chi connectivity index (χ0v) is 21.9. The molecule has 0 fully saturated rings. The zero-order valence-electron chi connectivity index (χ0n) is 20.3. The number of hydrogen-bond acceptors (Lipinski definition) is 3. The van der Waals surface area contributed by atoms with Crippen LogP contribution in [0.25, 0.3) is 11.0 Å². The molecule has 1 atom stereocenters. The minimum atomic E-state index is -0.0567. The number of rotatable bonds is 11. The lowest BCUT2D eigenvalue weighted by Crippen LogP contribution is -2.25. The van der Waals surface area contributed by atoms with Crippen LogP contribution >= 0.6 is 15.9 Å². The second-order valence-electron chi connectivity index (χ2n) is 8.76. The summed E-state index contributed by atoms with van der Waals surface area (Å²) in [5, 5.41) is 3.01. The van der Waals surface area contributed by atoms with E-state index in [0.717, 1.165) is 46.3 Å². The van der Waals surface area contributed by atoms with E-state index >= 15 is 0 Å². The number of imidazole rings is 1. The van der Waals surface area contributed by atoms with E-state index < -0.39 is 0 Å². The van der Waals surface area contributed by atoms with Gasteiger partial charge in [-0.15, -0.1) is 0 Å². The van der Waals surface area contributed by atoms with Crippen LogP contribution in [-0.4, -0.2) is 28.6 Å². The first kappa shape index (κ1) is 25.0. The molecule has 3 aromatic carbocycles. The Labute approximate surface area is 215 Å². The van der Waals surface area contributed by atoms with E-state index in [-0.39, 0.29) is 5.91 Å². The van der Waals surface area contributed by atoms with Crippen molar-refractivity contribution in [2.45, 2.75) is 45.6 Å². The molecule has 0 spiro atoms. The van der Waals surface area contributed by atoms with Gasteiger partial charge in [-0.3, -0.25) is 4.79 Å². The van der Waals surface area contributed by atoms with Crippen LogP contribution in [-0.2, 0) is 13.0 Å². The van der Waals surface area contributed by atoms with Gasteiger partial charge in [0.1, 0.15) is 18.2 Å². The van der Waals surface area contributed by atoms with Gasteiger partial charge in [-0.25, -0.2) is 4.98 Å². The fraction of sp³-hybridized carbons (Fsp3) is 0.310. The largest absolute Gasteiger partial charge is 0.492 e. The summed E-state index contributed by atoms with van der Waals surface area (Å²) in [7, 11) is 0. The van der Waals surface area contributed by atoms with Crippen molar-refractivity contribution in [3.63, 3.8) is 0 Å². The molecule has 0 radical (unpaired) electrons. The smallest absolute Gasteiger partial charge is 0.251 e. The number of hydrogen-bond donors (Lipinski definition) is 1. The number of halogens is 1. The fourth-order valence-corrected chi connectivity index (χ4v) is 4.36. The maximum absolute atomic E-state index is 12.4. The van der Waals surface area contributed by atoms with E-state index in [4.69, 9.17) is 9.72 Å². The molecule has 6 heteroatoms. The van der Waals surface area contributed by atoms with E-state index in [1.807, 2.05) is 42.5 Å². The van der Waals surface area contributed by atoms with E-state index in [0.29, 0.717) is 31.2 Å². The number of ether oxygens (including phenoxy) is 1. The van der Waals surface area contributed by atoms with Gasteiger partial charge in [0.2, 0.25) is 0 Å². The Morgan fingerprint density at radius 2 is 1.80 bits per heavy atom. The predicted octanol–water partition coefficient (Wildman–Crippen LogP) is 6.75. The molecule has 0 bridgehead atoms. The predicted molar refractivity (Wildman–Crippen MR) is 145 cm³/mol. The summed E-state index contributed by atoms with van der Waals surface area (Å²) in [4.78, 5) is 17.2. The number of para-hydroxylation sites is 2. The normalized spacial score (nSPS) is 12.0. The van der Waals surface area contributed by atoms with Crippen LogP contribution in [0.15, 0.2) is 77.3 Å². The molecule has 0 aliphatic heterocycles. The van der Waals surface area contributed by atoms with Crippen LogP contribution < -0.4 is 10.1 Å². The standard InChI is InChI=1S/C29H32BrN3O2/c1-3-21(2)22-12-16-25(17-13-22)35-20-19-33-27-8-5-4-7-26(27)32-28(33)9-6-18-31-29(34)23-10-14-24(30)15-11-23/h4-5,7-8,10-17,21H,3,6,9,18-20H2,1-2H3,(H,31,34). The highest BCUT2D eigenvalue weighted by Gasteiger charge is 2.11. The fourth-order valence-electron chi connectivity index (χ4n) is 4.10. The van der Waals surface area contributed by atoms with Crippen LogP contribution in [0.5, 0.6) is 5.75 Å². The van der Waals surface area contributed by atoms with Crippen LogP contribution in [0.4, 0.5) is 0 Å². The molecule has 5 nitrogen and oxygen atoms in total. The second kappa shape index (κ2) is 12.0. The van der Waals surface area contributed by atoms with Crippen LogP contribution in [0.2, 0.25) is 0 Å². The number of benzene rings is 3. The van der Waals surface area contributed by atoms with Crippen molar-refractivity contribution in [1.82, 2.24) is 14.9 Å². The highest BCUT2D eigenvalue weighted by Crippen LogP contribution is 2.22. The van der Waals surface area contributed by atoms with Crippen molar-refractivity contribution in [2.24, 2.45) is 0 Å². The molecule has 4 aromatic rings. The van der Waals surface area contributed by atoms with Crippen LogP contribution in [0.3, 0.4) is 0 Å². The first-order chi connectivity index (χ1) is 17.0. The summed E-state index contributed by atoms with van der Waals surface area (Å²) in [6.07, 6.45) is 2.72. The number of aromatic nitrogens is 2. The third-order valence-electron chi connectivity index (χ3n) is 6.35. The molecule has 1 N–H and O–H groups in total. The quantitative estimate of drug-likeness (QED) is 0.217. The van der Waals surface area contributed by atoms with Crippen molar-refractivity contribution >= 4 is 32.9 Å². The van der Waals surface area contributed by atoms with Crippen LogP contribution in [0.1, 0.15) is 54.4 Å². The van der Waals surface area contributed by atoms with Gasteiger partial charge in [-0.2, -0.15) is 0 Å². The summed E-state index contributed by atoms with van der Waals surface area (Å²) in [6.45, 7) is 6.33. The van der Waals surface area contributed by atoms with Gasteiger partial charge < -0.3 is 14.6 Å². The molecule has 1 amide bonds. The van der Waals surface area contributed by atoms with Crippen molar-refractivity contribution < 1.29 is 9.53 Å². The first-order valence-corrected chi connectivity index (χ1v) is 13.0. The Balaban J connectivity index is 1.34.